The zero-order chi connectivity index (χ0) is 16.1. The fourth-order valence-electron chi connectivity index (χ4n) is 2.47. The summed E-state index contributed by atoms with van der Waals surface area (Å²) in [6.45, 7) is 5.17. The molecule has 0 spiro atoms. The number of carbonyl (C=O) groups excluding carboxylic acids is 2. The van der Waals surface area contributed by atoms with E-state index >= 15 is 0 Å². The molecule has 0 bridgehead atoms. The first-order valence-electron chi connectivity index (χ1n) is 7.16. The predicted molar refractivity (Wildman–Crippen MR) is 88.3 cm³/mol. The molecule has 1 saturated heterocycles. The van der Waals surface area contributed by atoms with Gasteiger partial charge in [-0.05, 0) is 31.0 Å². The molecule has 6 heteroatoms. The van der Waals surface area contributed by atoms with Gasteiger partial charge >= 0.3 is 0 Å². The van der Waals surface area contributed by atoms with Crippen LogP contribution >= 0.6 is 23.2 Å². The quantitative estimate of drug-likeness (QED) is 0.856. The number of likely N-dealkylation sites (tertiary alicyclic amines) is 1. The van der Waals surface area contributed by atoms with Gasteiger partial charge in [0.15, 0.2) is 0 Å². The number of piperidine rings is 1. The second-order valence-corrected chi connectivity index (χ2v) is 6.04. The highest BCUT2D eigenvalue weighted by atomic mass is 35.5. The normalized spacial score (nSPS) is 15.5. The second kappa shape index (κ2) is 7.65. The van der Waals surface area contributed by atoms with Gasteiger partial charge in [0, 0.05) is 31.1 Å². The molecule has 1 N–H and O–H groups in total. The van der Waals surface area contributed by atoms with Crippen molar-refractivity contribution in [2.45, 2.75) is 12.8 Å². The van der Waals surface area contributed by atoms with Crippen LogP contribution in [0.25, 0.3) is 0 Å². The van der Waals surface area contributed by atoms with E-state index in [0.29, 0.717) is 48.1 Å². The van der Waals surface area contributed by atoms with Crippen LogP contribution in [-0.2, 0) is 4.79 Å². The summed E-state index contributed by atoms with van der Waals surface area (Å²) in [5.74, 6) is -0.0946. The number of hydrogen-bond acceptors (Lipinski definition) is 2. The van der Waals surface area contributed by atoms with E-state index in [1.54, 1.807) is 29.2 Å². The first-order chi connectivity index (χ1) is 10.5. The number of carbonyl (C=O) groups is 2. The van der Waals surface area contributed by atoms with Crippen LogP contribution in [0.1, 0.15) is 23.2 Å². The second-order valence-electron chi connectivity index (χ2n) is 5.23. The van der Waals surface area contributed by atoms with E-state index in [2.05, 4.69) is 11.9 Å². The summed E-state index contributed by atoms with van der Waals surface area (Å²) in [5, 5.41) is 3.59. The van der Waals surface area contributed by atoms with Gasteiger partial charge in [0.2, 0.25) is 5.91 Å². The van der Waals surface area contributed by atoms with E-state index in [1.807, 2.05) is 0 Å². The maximum absolute atomic E-state index is 12.4. The molecule has 1 heterocycles. The predicted octanol–water partition coefficient (Wildman–Crippen LogP) is 3.15. The molecule has 1 aromatic carbocycles. The molecule has 0 radical (unpaired) electrons. The minimum atomic E-state index is -0.0801. The fraction of sp³-hybridized carbons (Fsp3) is 0.375. The van der Waals surface area contributed by atoms with Gasteiger partial charge in [-0.1, -0.05) is 29.3 Å². The molecule has 0 aromatic heterocycles. The molecule has 4 nitrogen and oxygen atoms in total. The van der Waals surface area contributed by atoms with Crippen LogP contribution in [0.3, 0.4) is 0 Å². The molecule has 1 aliphatic heterocycles. The highest BCUT2D eigenvalue weighted by Crippen LogP contribution is 2.25. The Morgan fingerprint density at radius 2 is 1.95 bits per heavy atom. The third-order valence-electron chi connectivity index (χ3n) is 3.74. The molecule has 22 heavy (non-hydrogen) atoms. The van der Waals surface area contributed by atoms with Crippen LogP contribution in [0, 0.1) is 5.92 Å². The van der Waals surface area contributed by atoms with E-state index in [-0.39, 0.29) is 17.7 Å². The number of amides is 2. The molecular weight excluding hydrogens is 323 g/mol. The zero-order valence-electron chi connectivity index (χ0n) is 12.1. The highest BCUT2D eigenvalue weighted by molar-refractivity contribution is 6.42. The average molecular weight is 341 g/mol. The highest BCUT2D eigenvalue weighted by Gasteiger charge is 2.27. The van der Waals surface area contributed by atoms with Crippen molar-refractivity contribution in [1.29, 1.82) is 0 Å². The number of hydrogen-bond donors (Lipinski definition) is 1. The third-order valence-corrected chi connectivity index (χ3v) is 4.48. The minimum absolute atomic E-state index is 0.0292. The number of rotatable bonds is 4. The summed E-state index contributed by atoms with van der Waals surface area (Å²) in [6, 6.07) is 4.86. The Labute approximate surface area is 140 Å². The molecule has 0 atom stereocenters. The molecule has 118 valence electrons. The number of nitrogens with one attached hydrogen (secondary N) is 1. The smallest absolute Gasteiger partial charge is 0.253 e. The van der Waals surface area contributed by atoms with E-state index in [0.717, 1.165) is 0 Å². The van der Waals surface area contributed by atoms with Gasteiger partial charge in [-0.15, -0.1) is 6.58 Å². The zero-order valence-corrected chi connectivity index (χ0v) is 13.7. The summed E-state index contributed by atoms with van der Waals surface area (Å²) < 4.78 is 0. The monoisotopic (exact) mass is 340 g/mol. The summed E-state index contributed by atoms with van der Waals surface area (Å²) in [4.78, 5) is 26.1. The molecule has 1 fully saturated rings. The van der Waals surface area contributed by atoms with Crippen molar-refractivity contribution in [3.63, 3.8) is 0 Å². The Kier molecular flexibility index (Phi) is 5.86. The van der Waals surface area contributed by atoms with Crippen LogP contribution in [0.5, 0.6) is 0 Å². The van der Waals surface area contributed by atoms with Crippen LogP contribution in [0.4, 0.5) is 0 Å². The Bertz CT molecular complexity index is 582. The van der Waals surface area contributed by atoms with Crippen LogP contribution in [0.2, 0.25) is 10.0 Å². The molecule has 0 unspecified atom stereocenters. The van der Waals surface area contributed by atoms with Crippen molar-refractivity contribution in [2.75, 3.05) is 19.6 Å². The summed E-state index contributed by atoms with van der Waals surface area (Å²) in [5.41, 5.74) is 0.518. The van der Waals surface area contributed by atoms with Crippen LogP contribution in [-0.4, -0.2) is 36.3 Å². The largest absolute Gasteiger partial charge is 0.352 e. The van der Waals surface area contributed by atoms with Gasteiger partial charge in [-0.25, -0.2) is 0 Å². The lowest BCUT2D eigenvalue weighted by Gasteiger charge is -2.31. The van der Waals surface area contributed by atoms with Gasteiger partial charge in [-0.2, -0.15) is 0 Å². The fourth-order valence-corrected chi connectivity index (χ4v) is 2.77. The Balaban J connectivity index is 1.93. The van der Waals surface area contributed by atoms with Gasteiger partial charge in [-0.3, -0.25) is 9.59 Å². The number of benzene rings is 1. The summed E-state index contributed by atoms with van der Waals surface area (Å²) in [6.07, 6.45) is 2.98. The average Bonchev–Trinajstić information content (AvgIpc) is 2.54. The minimum Gasteiger partial charge on any atom is -0.352 e. The van der Waals surface area contributed by atoms with Crippen molar-refractivity contribution < 1.29 is 9.59 Å². The molecule has 0 saturated carbocycles. The van der Waals surface area contributed by atoms with Crippen LogP contribution < -0.4 is 5.32 Å². The van der Waals surface area contributed by atoms with Crippen molar-refractivity contribution in [2.24, 2.45) is 5.92 Å². The maximum atomic E-state index is 12.4. The molecule has 2 amide bonds. The van der Waals surface area contributed by atoms with Gasteiger partial charge in [0.05, 0.1) is 10.0 Å². The van der Waals surface area contributed by atoms with Crippen molar-refractivity contribution in [3.8, 4) is 0 Å². The lowest BCUT2D eigenvalue weighted by molar-refractivity contribution is -0.126. The van der Waals surface area contributed by atoms with E-state index in [9.17, 15) is 9.59 Å². The van der Waals surface area contributed by atoms with E-state index < -0.39 is 0 Å². The lowest BCUT2D eigenvalue weighted by atomic mass is 9.95. The number of halogens is 2. The van der Waals surface area contributed by atoms with E-state index in [1.165, 1.54) is 0 Å². The molecule has 0 aliphatic carbocycles. The van der Waals surface area contributed by atoms with Crippen molar-refractivity contribution in [3.05, 3.63) is 46.5 Å². The Hall–Kier alpha value is -1.52. The van der Waals surface area contributed by atoms with Gasteiger partial charge < -0.3 is 10.2 Å². The summed E-state index contributed by atoms with van der Waals surface area (Å²) >= 11 is 11.8. The number of nitrogens with zero attached hydrogens (tertiary/aromatic N) is 1. The standard InChI is InChI=1S/C16H18Cl2N2O2/c1-2-7-19-15(21)11-5-8-20(9-6-11)16(22)12-3-4-13(17)14(18)10-12/h2-4,10-11H,1,5-9H2,(H,19,21). The van der Waals surface area contributed by atoms with Gasteiger partial charge in [0.1, 0.15) is 0 Å². The third kappa shape index (κ3) is 4.02. The van der Waals surface area contributed by atoms with Crippen molar-refractivity contribution in [1.82, 2.24) is 10.2 Å². The SMILES string of the molecule is C=CCNC(=O)C1CCN(C(=O)c2ccc(Cl)c(Cl)c2)CC1. The maximum Gasteiger partial charge on any atom is 0.253 e. The molecule has 1 aromatic rings. The lowest BCUT2D eigenvalue weighted by Crippen LogP contribution is -2.43. The van der Waals surface area contributed by atoms with Crippen LogP contribution in [0.15, 0.2) is 30.9 Å². The molecule has 1 aliphatic rings. The van der Waals surface area contributed by atoms with Crippen molar-refractivity contribution >= 4 is 35.0 Å². The topological polar surface area (TPSA) is 49.4 Å². The molecular formula is C16H18Cl2N2O2. The van der Waals surface area contributed by atoms with Gasteiger partial charge in [0.25, 0.3) is 5.91 Å². The Morgan fingerprint density at radius 3 is 2.55 bits per heavy atom. The molecule has 2 rings (SSSR count). The first-order valence-corrected chi connectivity index (χ1v) is 7.91. The van der Waals surface area contributed by atoms with E-state index in [4.69, 9.17) is 23.2 Å². The summed E-state index contributed by atoms with van der Waals surface area (Å²) in [7, 11) is 0. The first kappa shape index (κ1) is 16.8. The Morgan fingerprint density at radius 1 is 1.27 bits per heavy atom.